The molecule has 0 saturated carbocycles. The Morgan fingerprint density at radius 1 is 1.29 bits per heavy atom. The van der Waals surface area contributed by atoms with Crippen molar-refractivity contribution in [3.8, 4) is 0 Å². The van der Waals surface area contributed by atoms with Crippen molar-refractivity contribution >= 4 is 6.09 Å². The minimum Gasteiger partial charge on any atom is -0.449 e. The molecule has 0 bridgehead atoms. The van der Waals surface area contributed by atoms with E-state index in [0.717, 1.165) is 26.1 Å². The van der Waals surface area contributed by atoms with Crippen LogP contribution in [0.5, 0.6) is 0 Å². The summed E-state index contributed by atoms with van der Waals surface area (Å²) in [7, 11) is 0. The summed E-state index contributed by atoms with van der Waals surface area (Å²) in [5, 5.41) is 8.88. The van der Waals surface area contributed by atoms with Crippen LogP contribution in [0.1, 0.15) is 20.3 Å². The summed E-state index contributed by atoms with van der Waals surface area (Å²) in [5.41, 5.74) is 0. The van der Waals surface area contributed by atoms with Crippen molar-refractivity contribution in [1.29, 1.82) is 0 Å². The van der Waals surface area contributed by atoms with Crippen molar-refractivity contribution in [2.24, 2.45) is 5.92 Å². The monoisotopic (exact) mass is 244 g/mol. The van der Waals surface area contributed by atoms with Crippen LogP contribution in [-0.2, 0) is 4.74 Å². The lowest BCUT2D eigenvalue weighted by molar-refractivity contribution is 0.0928. The highest BCUT2D eigenvalue weighted by Gasteiger charge is 2.19. The number of β-amino-alcohol motifs (C(OH)–C–C–N with tert-alkyl or cyclic N) is 1. The van der Waals surface area contributed by atoms with E-state index >= 15 is 0 Å². The van der Waals surface area contributed by atoms with Gasteiger partial charge in [-0.25, -0.2) is 4.79 Å². The Bertz CT molecular complexity index is 234. The summed E-state index contributed by atoms with van der Waals surface area (Å²) in [6.07, 6.45) is 0.737. The van der Waals surface area contributed by atoms with Crippen molar-refractivity contribution in [2.75, 3.05) is 45.9 Å². The molecule has 0 unspecified atom stereocenters. The van der Waals surface area contributed by atoms with Crippen LogP contribution in [-0.4, -0.2) is 66.9 Å². The number of ether oxygens (including phenoxy) is 1. The zero-order valence-electron chi connectivity index (χ0n) is 10.9. The highest BCUT2D eigenvalue weighted by Crippen LogP contribution is 2.05. The summed E-state index contributed by atoms with van der Waals surface area (Å²) < 4.78 is 5.21. The Morgan fingerprint density at radius 2 is 2.06 bits per heavy atom. The summed E-state index contributed by atoms with van der Waals surface area (Å²) in [6.45, 7) is 8.60. The summed E-state index contributed by atoms with van der Waals surface area (Å²) in [4.78, 5) is 15.7. The Kier molecular flexibility index (Phi) is 6.29. The number of carbonyl (C=O) groups is 1. The zero-order chi connectivity index (χ0) is 12.7. The van der Waals surface area contributed by atoms with E-state index in [1.165, 1.54) is 0 Å². The van der Waals surface area contributed by atoms with Gasteiger partial charge in [-0.3, -0.25) is 4.90 Å². The first-order chi connectivity index (χ1) is 8.13. The molecule has 17 heavy (non-hydrogen) atoms. The topological polar surface area (TPSA) is 53.0 Å². The maximum atomic E-state index is 11.8. The van der Waals surface area contributed by atoms with Crippen LogP contribution in [0, 0.1) is 5.92 Å². The highest BCUT2D eigenvalue weighted by molar-refractivity contribution is 5.67. The summed E-state index contributed by atoms with van der Waals surface area (Å²) in [5.74, 6) is 0.372. The number of aliphatic hydroxyl groups is 1. The van der Waals surface area contributed by atoms with Crippen LogP contribution in [0.15, 0.2) is 0 Å². The molecule has 5 nitrogen and oxygen atoms in total. The third-order valence-electron chi connectivity index (χ3n) is 2.80. The average Bonchev–Trinajstić information content (AvgIpc) is 2.52. The van der Waals surface area contributed by atoms with Crippen LogP contribution in [0.3, 0.4) is 0 Å². The van der Waals surface area contributed by atoms with Crippen LogP contribution >= 0.6 is 0 Å². The molecule has 1 amide bonds. The fraction of sp³-hybridized carbons (Fsp3) is 0.917. The molecule has 0 radical (unpaired) electrons. The van der Waals surface area contributed by atoms with E-state index in [9.17, 15) is 4.79 Å². The second kappa shape index (κ2) is 7.50. The van der Waals surface area contributed by atoms with Gasteiger partial charge in [0.15, 0.2) is 0 Å². The lowest BCUT2D eigenvalue weighted by Gasteiger charge is -2.21. The molecule has 1 rings (SSSR count). The second-order valence-electron chi connectivity index (χ2n) is 4.88. The van der Waals surface area contributed by atoms with Crippen molar-refractivity contribution < 1.29 is 14.6 Å². The normalized spacial score (nSPS) is 18.2. The molecule has 0 atom stereocenters. The van der Waals surface area contributed by atoms with Crippen molar-refractivity contribution in [3.63, 3.8) is 0 Å². The van der Waals surface area contributed by atoms with Crippen LogP contribution in [0.4, 0.5) is 4.79 Å². The standard InChI is InChI=1S/C12H24N2O3/c1-11(2)10-17-12(16)14-5-3-4-13(6-7-14)8-9-15/h11,15H,3-10H2,1-2H3. The van der Waals surface area contributed by atoms with Gasteiger partial charge in [0, 0.05) is 26.2 Å². The minimum absolute atomic E-state index is 0.178. The third kappa shape index (κ3) is 5.37. The van der Waals surface area contributed by atoms with Gasteiger partial charge in [-0.05, 0) is 18.9 Å². The van der Waals surface area contributed by atoms with Gasteiger partial charge in [-0.2, -0.15) is 0 Å². The molecule has 1 aliphatic rings. The smallest absolute Gasteiger partial charge is 0.409 e. The number of aliphatic hydroxyl groups excluding tert-OH is 1. The van der Waals surface area contributed by atoms with Crippen LogP contribution in [0.2, 0.25) is 0 Å². The number of hydrogen-bond acceptors (Lipinski definition) is 4. The number of hydrogen-bond donors (Lipinski definition) is 1. The molecule has 1 N–H and O–H groups in total. The van der Waals surface area contributed by atoms with Gasteiger partial charge in [-0.15, -0.1) is 0 Å². The maximum absolute atomic E-state index is 11.8. The molecule has 1 heterocycles. The lowest BCUT2D eigenvalue weighted by atomic mass is 10.2. The molecule has 1 saturated heterocycles. The molecular formula is C12H24N2O3. The predicted octanol–water partition coefficient (Wildman–Crippen LogP) is 0.779. The molecular weight excluding hydrogens is 220 g/mol. The van der Waals surface area contributed by atoms with Gasteiger partial charge in [0.05, 0.1) is 13.2 Å². The first-order valence-corrected chi connectivity index (χ1v) is 6.38. The molecule has 100 valence electrons. The molecule has 1 aliphatic heterocycles. The van der Waals surface area contributed by atoms with Crippen molar-refractivity contribution in [2.45, 2.75) is 20.3 Å². The Morgan fingerprint density at radius 3 is 2.71 bits per heavy atom. The first-order valence-electron chi connectivity index (χ1n) is 6.38. The van der Waals surface area contributed by atoms with E-state index in [1.54, 1.807) is 4.90 Å². The quantitative estimate of drug-likeness (QED) is 0.794. The van der Waals surface area contributed by atoms with Crippen molar-refractivity contribution in [1.82, 2.24) is 9.80 Å². The first kappa shape index (κ1) is 14.3. The van der Waals surface area contributed by atoms with E-state index < -0.39 is 0 Å². The SMILES string of the molecule is CC(C)COC(=O)N1CCCN(CCO)CC1. The van der Waals surface area contributed by atoms with Gasteiger partial charge >= 0.3 is 6.09 Å². The van der Waals surface area contributed by atoms with Crippen LogP contribution < -0.4 is 0 Å². The van der Waals surface area contributed by atoms with Gasteiger partial charge in [0.2, 0.25) is 0 Å². The van der Waals surface area contributed by atoms with Gasteiger partial charge in [-0.1, -0.05) is 13.8 Å². The number of amides is 1. The molecule has 0 aliphatic carbocycles. The van der Waals surface area contributed by atoms with Gasteiger partial charge < -0.3 is 14.7 Å². The Balaban J connectivity index is 2.32. The zero-order valence-corrected chi connectivity index (χ0v) is 10.9. The molecule has 0 aromatic rings. The molecule has 0 spiro atoms. The predicted molar refractivity (Wildman–Crippen MR) is 65.9 cm³/mol. The minimum atomic E-state index is -0.204. The summed E-state index contributed by atoms with van der Waals surface area (Å²) in [6, 6.07) is 0. The largest absolute Gasteiger partial charge is 0.449 e. The lowest BCUT2D eigenvalue weighted by Crippen LogP contribution is -2.36. The fourth-order valence-electron chi connectivity index (χ4n) is 1.85. The number of rotatable bonds is 4. The molecule has 0 aromatic carbocycles. The number of nitrogens with zero attached hydrogens (tertiary/aromatic N) is 2. The Hall–Kier alpha value is -0.810. The number of carbonyl (C=O) groups excluding carboxylic acids is 1. The summed E-state index contributed by atoms with van der Waals surface area (Å²) >= 11 is 0. The van der Waals surface area contributed by atoms with Crippen molar-refractivity contribution in [3.05, 3.63) is 0 Å². The maximum Gasteiger partial charge on any atom is 0.409 e. The highest BCUT2D eigenvalue weighted by atomic mass is 16.6. The molecule has 5 heteroatoms. The van der Waals surface area contributed by atoms with Crippen LogP contribution in [0.25, 0.3) is 0 Å². The average molecular weight is 244 g/mol. The second-order valence-corrected chi connectivity index (χ2v) is 4.88. The molecule has 1 fully saturated rings. The van der Waals surface area contributed by atoms with E-state index in [-0.39, 0.29) is 12.7 Å². The van der Waals surface area contributed by atoms with E-state index in [1.807, 2.05) is 13.8 Å². The van der Waals surface area contributed by atoms with Gasteiger partial charge in [0.1, 0.15) is 0 Å². The molecule has 0 aromatic heterocycles. The Labute approximate surface area is 103 Å². The van der Waals surface area contributed by atoms with E-state index in [4.69, 9.17) is 9.84 Å². The van der Waals surface area contributed by atoms with E-state index in [2.05, 4.69) is 4.90 Å². The van der Waals surface area contributed by atoms with Gasteiger partial charge in [0.25, 0.3) is 0 Å². The fourth-order valence-corrected chi connectivity index (χ4v) is 1.85. The van der Waals surface area contributed by atoms with E-state index in [0.29, 0.717) is 25.6 Å². The third-order valence-corrected chi connectivity index (χ3v) is 2.80.